The number of anilines is 5. The van der Waals surface area contributed by atoms with Gasteiger partial charge in [-0.3, -0.25) is 4.90 Å². The molecule has 0 saturated carbocycles. The molecule has 1 aromatic heterocycles. The zero-order chi connectivity index (χ0) is 26.7. The molecule has 4 heteroatoms. The normalized spacial score (nSPS) is 15.4. The Morgan fingerprint density at radius 1 is 0.675 bits per heavy atom. The molecule has 0 unspecified atom stereocenters. The van der Waals surface area contributed by atoms with Gasteiger partial charge in [0, 0.05) is 44.6 Å². The first-order valence-electron chi connectivity index (χ1n) is 14.1. The molecule has 3 aliphatic heterocycles. The lowest BCUT2D eigenvalue weighted by Crippen LogP contribution is -2.62. The molecule has 3 aliphatic rings. The van der Waals surface area contributed by atoms with Gasteiger partial charge in [-0.1, -0.05) is 92.7 Å². The van der Waals surface area contributed by atoms with Gasteiger partial charge in [0.25, 0.3) is 0 Å². The molecule has 0 radical (unpaired) electrons. The minimum atomic E-state index is -0.116. The zero-order valence-electron chi connectivity index (χ0n) is 22.8. The van der Waals surface area contributed by atoms with Gasteiger partial charge in [-0.05, 0) is 65.0 Å². The van der Waals surface area contributed by atoms with Crippen molar-refractivity contribution in [1.29, 1.82) is 0 Å². The van der Waals surface area contributed by atoms with Crippen molar-refractivity contribution in [3.63, 3.8) is 0 Å². The van der Waals surface area contributed by atoms with E-state index in [2.05, 4.69) is 140 Å². The quantitative estimate of drug-likeness (QED) is 0.207. The van der Waals surface area contributed by atoms with Crippen molar-refractivity contribution < 1.29 is 4.42 Å². The predicted octanol–water partition coefficient (Wildman–Crippen LogP) is 8.09. The van der Waals surface area contributed by atoms with Gasteiger partial charge in [-0.25, -0.2) is 0 Å². The first-order chi connectivity index (χ1) is 19.5. The van der Waals surface area contributed by atoms with E-state index in [4.69, 9.17) is 4.42 Å². The maximum atomic E-state index is 6.81. The third-order valence-electron chi connectivity index (χ3n) is 9.26. The van der Waals surface area contributed by atoms with Crippen LogP contribution in [0.25, 0.3) is 22.1 Å². The Kier molecular flexibility index (Phi) is 4.15. The van der Waals surface area contributed by atoms with Gasteiger partial charge in [0.15, 0.2) is 0 Å². The third kappa shape index (κ3) is 2.61. The summed E-state index contributed by atoms with van der Waals surface area (Å²) >= 11 is 0. The molecule has 0 spiro atoms. The molecule has 190 valence electrons. The number of para-hydroxylation sites is 4. The average Bonchev–Trinajstić information content (AvgIpc) is 3.36. The first-order valence-corrected chi connectivity index (χ1v) is 14.1. The number of furan rings is 1. The lowest BCUT2D eigenvalue weighted by Gasteiger charge is -2.50. The van der Waals surface area contributed by atoms with Crippen molar-refractivity contribution >= 4 is 57.4 Å². The number of hydrogen-bond donors (Lipinski definition) is 0. The van der Waals surface area contributed by atoms with E-state index in [1.807, 2.05) is 0 Å². The van der Waals surface area contributed by atoms with Crippen LogP contribution in [0.3, 0.4) is 0 Å². The molecule has 0 amide bonds. The van der Waals surface area contributed by atoms with Gasteiger partial charge >= 0.3 is 6.85 Å². The van der Waals surface area contributed by atoms with Crippen molar-refractivity contribution in [3.8, 4) is 11.1 Å². The van der Waals surface area contributed by atoms with E-state index in [-0.39, 0.29) is 12.3 Å². The van der Waals surface area contributed by atoms with Gasteiger partial charge in [-0.2, -0.15) is 0 Å². The van der Waals surface area contributed by atoms with E-state index < -0.39 is 0 Å². The number of benzene rings is 5. The molecule has 5 aromatic carbocycles. The van der Waals surface area contributed by atoms with Crippen LogP contribution in [0, 0.1) is 6.92 Å². The Bertz CT molecular complexity index is 2020. The van der Waals surface area contributed by atoms with Crippen molar-refractivity contribution in [2.24, 2.45) is 0 Å². The highest BCUT2D eigenvalue weighted by Crippen LogP contribution is 2.56. The van der Waals surface area contributed by atoms with Crippen LogP contribution < -0.4 is 20.6 Å². The van der Waals surface area contributed by atoms with E-state index in [1.54, 1.807) is 0 Å². The second-order valence-corrected chi connectivity index (χ2v) is 11.8. The van der Waals surface area contributed by atoms with Crippen LogP contribution in [0.5, 0.6) is 0 Å². The summed E-state index contributed by atoms with van der Waals surface area (Å²) in [6.45, 7) is 6.93. The molecule has 9 rings (SSSR count). The first kappa shape index (κ1) is 22.2. The largest absolute Gasteiger partial charge is 0.440 e. The fraction of sp³-hybridized carbons (Fsp3) is 0.111. The smallest absolute Gasteiger partial charge is 0.337 e. The van der Waals surface area contributed by atoms with E-state index >= 15 is 0 Å². The van der Waals surface area contributed by atoms with Crippen LogP contribution in [0.15, 0.2) is 114 Å². The molecule has 0 fully saturated rings. The Labute approximate surface area is 234 Å². The van der Waals surface area contributed by atoms with Gasteiger partial charge in [-0.15, -0.1) is 0 Å². The van der Waals surface area contributed by atoms with Gasteiger partial charge < -0.3 is 9.23 Å². The van der Waals surface area contributed by atoms with E-state index in [1.165, 1.54) is 61.2 Å². The summed E-state index contributed by atoms with van der Waals surface area (Å²) in [5, 5.41) is 1.17. The molecule has 6 aromatic rings. The average molecular weight is 514 g/mol. The molecule has 40 heavy (non-hydrogen) atoms. The Morgan fingerprint density at radius 2 is 1.43 bits per heavy atom. The number of fused-ring (bicyclic) bond motifs is 8. The fourth-order valence-corrected chi connectivity index (χ4v) is 7.57. The minimum Gasteiger partial charge on any atom is -0.440 e. The Balaban J connectivity index is 1.49. The van der Waals surface area contributed by atoms with E-state index in [0.29, 0.717) is 0 Å². The Morgan fingerprint density at radius 3 is 2.30 bits per heavy atom. The van der Waals surface area contributed by atoms with Gasteiger partial charge in [0.05, 0.1) is 0 Å². The SMILES string of the molecule is Cc1cc2c3c(c1)N(c1ccccc1)c1oc4ccccc4c1B3N1c3ccccc3C(C)(C)c3cccc-2c31. The van der Waals surface area contributed by atoms with Crippen LogP contribution in [0.1, 0.15) is 30.5 Å². The van der Waals surface area contributed by atoms with Crippen LogP contribution in [-0.4, -0.2) is 6.85 Å². The second-order valence-electron chi connectivity index (χ2n) is 11.8. The highest BCUT2D eigenvalue weighted by Gasteiger charge is 2.51. The van der Waals surface area contributed by atoms with Gasteiger partial charge in [0.1, 0.15) is 5.58 Å². The lowest BCUT2D eigenvalue weighted by molar-refractivity contribution is 0.622. The third-order valence-corrected chi connectivity index (χ3v) is 9.26. The molecule has 0 N–H and O–H groups in total. The molecule has 0 saturated heterocycles. The maximum Gasteiger partial charge on any atom is 0.337 e. The molecule has 3 nitrogen and oxygen atoms in total. The number of hydrogen-bond acceptors (Lipinski definition) is 3. The second kappa shape index (κ2) is 7.48. The standard InChI is InChI=1S/C36H27BN2O/c1-22-20-26-24-15-11-17-28-34(24)39(29-18-9-8-16-27(29)36(28,2)3)37-32(26)30(21-22)38(23-12-5-4-6-13-23)35-33(37)25-14-7-10-19-31(25)40-35/h4-21H,1-3H3. The van der Waals surface area contributed by atoms with Crippen LogP contribution in [0.4, 0.5) is 28.6 Å². The topological polar surface area (TPSA) is 19.6 Å². The molecule has 4 heterocycles. The summed E-state index contributed by atoms with van der Waals surface area (Å²) in [7, 11) is 0. The Hall–Kier alpha value is -4.70. The highest BCUT2D eigenvalue weighted by atomic mass is 16.4. The summed E-state index contributed by atoms with van der Waals surface area (Å²) in [4.78, 5) is 4.96. The van der Waals surface area contributed by atoms with E-state index in [0.717, 1.165) is 17.2 Å². The van der Waals surface area contributed by atoms with Crippen molar-refractivity contribution in [2.45, 2.75) is 26.2 Å². The van der Waals surface area contributed by atoms with Crippen LogP contribution >= 0.6 is 0 Å². The maximum absolute atomic E-state index is 6.81. The number of rotatable bonds is 1. The van der Waals surface area contributed by atoms with Crippen molar-refractivity contribution in [1.82, 2.24) is 0 Å². The molecule has 0 bridgehead atoms. The monoisotopic (exact) mass is 514 g/mol. The van der Waals surface area contributed by atoms with Gasteiger partial charge in [0.2, 0.25) is 5.88 Å². The summed E-state index contributed by atoms with van der Waals surface area (Å²) in [5.41, 5.74) is 14.9. The van der Waals surface area contributed by atoms with Crippen LogP contribution in [0.2, 0.25) is 0 Å². The highest BCUT2D eigenvalue weighted by molar-refractivity contribution is 6.95. The number of aryl methyl sites for hydroxylation is 1. The van der Waals surface area contributed by atoms with Crippen molar-refractivity contribution in [2.75, 3.05) is 9.71 Å². The number of nitrogens with zero attached hydrogens (tertiary/aromatic N) is 2. The molecule has 0 aliphatic carbocycles. The summed E-state index contributed by atoms with van der Waals surface area (Å²) < 4.78 is 6.81. The molecular weight excluding hydrogens is 487 g/mol. The summed E-state index contributed by atoms with van der Waals surface area (Å²) in [6, 6.07) is 39.8. The van der Waals surface area contributed by atoms with Crippen molar-refractivity contribution in [3.05, 3.63) is 126 Å². The predicted molar refractivity (Wildman–Crippen MR) is 167 cm³/mol. The molecule has 0 atom stereocenters. The fourth-order valence-electron chi connectivity index (χ4n) is 7.57. The summed E-state index contributed by atoms with van der Waals surface area (Å²) in [5.74, 6) is 0.907. The van der Waals surface area contributed by atoms with Crippen LogP contribution in [-0.2, 0) is 5.41 Å². The summed E-state index contributed by atoms with van der Waals surface area (Å²) in [6.07, 6.45) is 0. The lowest BCUT2D eigenvalue weighted by atomic mass is 9.42. The zero-order valence-corrected chi connectivity index (χ0v) is 22.8. The minimum absolute atomic E-state index is 0.0184. The van der Waals surface area contributed by atoms with E-state index in [9.17, 15) is 0 Å². The molecular formula is C36H27BN2O.